The zero-order valence-corrected chi connectivity index (χ0v) is 14.6. The van der Waals surface area contributed by atoms with E-state index in [0.29, 0.717) is 19.0 Å². The van der Waals surface area contributed by atoms with E-state index >= 15 is 0 Å². The van der Waals surface area contributed by atoms with Gasteiger partial charge in [0.15, 0.2) is 0 Å². The molecule has 1 aliphatic rings. The molecule has 0 radical (unpaired) electrons. The minimum Gasteiger partial charge on any atom is -0.497 e. The Morgan fingerprint density at radius 1 is 1.39 bits per heavy atom. The lowest BCUT2D eigenvalue weighted by atomic mass is 9.98. The second-order valence-corrected chi connectivity index (χ2v) is 5.81. The molecule has 0 bridgehead atoms. The molecule has 1 heterocycles. The lowest BCUT2D eigenvalue weighted by Gasteiger charge is -2.15. The number of nitrogens with one attached hydrogen (secondary N) is 1. The van der Waals surface area contributed by atoms with E-state index in [1.165, 1.54) is 5.56 Å². The largest absolute Gasteiger partial charge is 0.497 e. The summed E-state index contributed by atoms with van der Waals surface area (Å²) in [4.78, 5) is 12.0. The van der Waals surface area contributed by atoms with Crippen molar-refractivity contribution < 1.29 is 14.3 Å². The van der Waals surface area contributed by atoms with Gasteiger partial charge >= 0.3 is 0 Å². The van der Waals surface area contributed by atoms with E-state index in [9.17, 15) is 4.79 Å². The highest BCUT2D eigenvalue weighted by Gasteiger charge is 2.29. The summed E-state index contributed by atoms with van der Waals surface area (Å²) in [5.74, 6) is 1.22. The van der Waals surface area contributed by atoms with Crippen LogP contribution in [0.3, 0.4) is 0 Å². The lowest BCUT2D eigenvalue weighted by molar-refractivity contribution is -0.131. The second kappa shape index (κ2) is 9.75. The molecule has 1 aromatic carbocycles. The van der Waals surface area contributed by atoms with Gasteiger partial charge in [-0.2, -0.15) is 0 Å². The maximum Gasteiger partial charge on any atom is 0.249 e. The molecule has 23 heavy (non-hydrogen) atoms. The predicted molar refractivity (Wildman–Crippen MR) is 93.2 cm³/mol. The number of hydrogen-bond donors (Lipinski definition) is 2. The molecule has 0 aliphatic carbocycles. The van der Waals surface area contributed by atoms with Crippen molar-refractivity contribution in [2.75, 3.05) is 20.2 Å². The molecule has 1 fully saturated rings. The molecule has 1 aromatic rings. The van der Waals surface area contributed by atoms with Crippen molar-refractivity contribution >= 4 is 18.3 Å². The topological polar surface area (TPSA) is 73.6 Å². The number of methoxy groups -OCH3 is 1. The molecule has 5 nitrogen and oxygen atoms in total. The average molecular weight is 343 g/mol. The van der Waals surface area contributed by atoms with Gasteiger partial charge < -0.3 is 20.5 Å². The van der Waals surface area contributed by atoms with Crippen molar-refractivity contribution in [1.29, 1.82) is 0 Å². The predicted octanol–water partition coefficient (Wildman–Crippen LogP) is 2.23. The molecule has 6 heteroatoms. The van der Waals surface area contributed by atoms with E-state index in [0.717, 1.165) is 25.0 Å². The fourth-order valence-corrected chi connectivity index (χ4v) is 2.70. The molecule has 0 spiro atoms. The van der Waals surface area contributed by atoms with Gasteiger partial charge in [0.05, 0.1) is 13.2 Å². The number of carbonyl (C=O) groups is 1. The van der Waals surface area contributed by atoms with Crippen molar-refractivity contribution in [2.45, 2.75) is 44.3 Å². The van der Waals surface area contributed by atoms with Crippen molar-refractivity contribution in [3.05, 3.63) is 29.8 Å². The molecule has 1 aliphatic heterocycles. The van der Waals surface area contributed by atoms with Gasteiger partial charge in [-0.1, -0.05) is 19.1 Å². The third-order valence-corrected chi connectivity index (χ3v) is 4.22. The van der Waals surface area contributed by atoms with E-state index in [1.807, 2.05) is 12.1 Å². The first-order chi connectivity index (χ1) is 10.6. The zero-order chi connectivity index (χ0) is 15.9. The lowest BCUT2D eigenvalue weighted by Crippen LogP contribution is -2.36. The van der Waals surface area contributed by atoms with Crippen molar-refractivity contribution in [2.24, 2.45) is 5.73 Å². The van der Waals surface area contributed by atoms with Crippen molar-refractivity contribution in [3.63, 3.8) is 0 Å². The highest BCUT2D eigenvalue weighted by molar-refractivity contribution is 5.85. The van der Waals surface area contributed by atoms with Gasteiger partial charge in [-0.3, -0.25) is 4.79 Å². The fraction of sp³-hybridized carbons (Fsp3) is 0.588. The van der Waals surface area contributed by atoms with Crippen LogP contribution in [0.4, 0.5) is 0 Å². The molecular formula is C17H27ClN2O3. The molecule has 2 rings (SSSR count). The SMILES string of the molecule is COc1ccc(C(C)CCNC(=O)[C@@H]2CC[C@H](CN)O2)cc1.Cl. The molecule has 3 atom stereocenters. The quantitative estimate of drug-likeness (QED) is 0.797. The van der Waals surface area contributed by atoms with Gasteiger partial charge in [-0.25, -0.2) is 0 Å². The molecule has 130 valence electrons. The fourth-order valence-electron chi connectivity index (χ4n) is 2.70. The number of hydrogen-bond acceptors (Lipinski definition) is 4. The van der Waals surface area contributed by atoms with Gasteiger partial charge in [0.2, 0.25) is 5.91 Å². The van der Waals surface area contributed by atoms with Crippen LogP contribution in [0.5, 0.6) is 5.75 Å². The third kappa shape index (κ3) is 5.68. The van der Waals surface area contributed by atoms with E-state index in [-0.39, 0.29) is 30.5 Å². The summed E-state index contributed by atoms with van der Waals surface area (Å²) in [6.45, 7) is 3.29. The first-order valence-electron chi connectivity index (χ1n) is 7.91. The van der Waals surface area contributed by atoms with Gasteiger partial charge in [-0.05, 0) is 42.9 Å². The van der Waals surface area contributed by atoms with Crippen LogP contribution in [-0.4, -0.2) is 38.3 Å². The number of rotatable bonds is 7. The maximum absolute atomic E-state index is 12.0. The van der Waals surface area contributed by atoms with Gasteiger partial charge in [0.1, 0.15) is 11.9 Å². The van der Waals surface area contributed by atoms with Crippen molar-refractivity contribution in [1.82, 2.24) is 5.32 Å². The average Bonchev–Trinajstić information content (AvgIpc) is 3.04. The summed E-state index contributed by atoms with van der Waals surface area (Å²) < 4.78 is 10.7. The van der Waals surface area contributed by atoms with Crippen LogP contribution in [0.2, 0.25) is 0 Å². The van der Waals surface area contributed by atoms with Crippen LogP contribution < -0.4 is 15.8 Å². The first kappa shape index (κ1) is 19.7. The van der Waals surface area contributed by atoms with E-state index in [4.69, 9.17) is 15.2 Å². The molecule has 1 saturated heterocycles. The summed E-state index contributed by atoms with van der Waals surface area (Å²) in [5.41, 5.74) is 6.80. The highest BCUT2D eigenvalue weighted by atomic mass is 35.5. The van der Waals surface area contributed by atoms with Crippen LogP contribution in [0.15, 0.2) is 24.3 Å². The Bertz CT molecular complexity index is 481. The first-order valence-corrected chi connectivity index (χ1v) is 7.91. The summed E-state index contributed by atoms with van der Waals surface area (Å²) >= 11 is 0. The minimum absolute atomic E-state index is 0. The zero-order valence-electron chi connectivity index (χ0n) is 13.8. The number of amides is 1. The number of ether oxygens (including phenoxy) is 2. The smallest absolute Gasteiger partial charge is 0.249 e. The number of benzene rings is 1. The third-order valence-electron chi connectivity index (χ3n) is 4.22. The Morgan fingerprint density at radius 3 is 2.65 bits per heavy atom. The Morgan fingerprint density at radius 2 is 2.09 bits per heavy atom. The van der Waals surface area contributed by atoms with E-state index in [1.54, 1.807) is 7.11 Å². The van der Waals surface area contributed by atoms with Gasteiger partial charge in [0, 0.05) is 13.1 Å². The van der Waals surface area contributed by atoms with Crippen LogP contribution >= 0.6 is 12.4 Å². The van der Waals surface area contributed by atoms with E-state index < -0.39 is 0 Å². The van der Waals surface area contributed by atoms with Gasteiger partial charge in [-0.15, -0.1) is 12.4 Å². The Labute approximate surface area is 144 Å². The van der Waals surface area contributed by atoms with Gasteiger partial charge in [0.25, 0.3) is 0 Å². The maximum atomic E-state index is 12.0. The van der Waals surface area contributed by atoms with Crippen LogP contribution in [0.1, 0.15) is 37.7 Å². The second-order valence-electron chi connectivity index (χ2n) is 5.81. The molecule has 1 unspecified atom stereocenters. The summed E-state index contributed by atoms with van der Waals surface area (Å²) in [7, 11) is 1.66. The minimum atomic E-state index is -0.329. The Hall–Kier alpha value is -1.30. The Kier molecular flexibility index (Phi) is 8.37. The molecule has 0 saturated carbocycles. The number of halogens is 1. The molecule has 3 N–H and O–H groups in total. The molecule has 0 aromatic heterocycles. The van der Waals surface area contributed by atoms with Crippen molar-refractivity contribution in [3.8, 4) is 5.75 Å². The van der Waals surface area contributed by atoms with E-state index in [2.05, 4.69) is 24.4 Å². The standard InChI is InChI=1S/C17H26N2O3.ClH/c1-12(13-3-5-14(21-2)6-4-13)9-10-19-17(20)16-8-7-15(11-18)22-16;/h3-6,12,15-16H,7-11,18H2,1-2H3,(H,19,20);1H/t12?,15-,16+;/m1./s1. The highest BCUT2D eigenvalue weighted by Crippen LogP contribution is 2.22. The van der Waals surface area contributed by atoms with Crippen LogP contribution in [0, 0.1) is 0 Å². The van der Waals surface area contributed by atoms with Crippen LogP contribution in [-0.2, 0) is 9.53 Å². The number of carbonyl (C=O) groups excluding carboxylic acids is 1. The molecular weight excluding hydrogens is 316 g/mol. The summed E-state index contributed by atoms with van der Waals surface area (Å²) in [6.07, 6.45) is 2.24. The summed E-state index contributed by atoms with van der Waals surface area (Å²) in [5, 5.41) is 2.96. The Balaban J connectivity index is 0.00000264. The normalized spacial score (nSPS) is 21.3. The van der Waals surface area contributed by atoms with Crippen LogP contribution in [0.25, 0.3) is 0 Å². The number of nitrogens with two attached hydrogens (primary N) is 1. The molecule has 1 amide bonds. The summed E-state index contributed by atoms with van der Waals surface area (Å²) in [6, 6.07) is 8.06. The monoisotopic (exact) mass is 342 g/mol.